The van der Waals surface area contributed by atoms with Crippen LogP contribution in [0, 0.1) is 0 Å². The molecule has 1 saturated carbocycles. The van der Waals surface area contributed by atoms with E-state index >= 15 is 0 Å². The molecule has 0 spiro atoms. The maximum absolute atomic E-state index is 11.7. The maximum Gasteiger partial charge on any atom is 0.322 e. The molecule has 0 aromatic heterocycles. The lowest BCUT2D eigenvalue weighted by atomic mass is 10.1. The summed E-state index contributed by atoms with van der Waals surface area (Å²) < 4.78 is 4.89. The molecule has 3 unspecified atom stereocenters. The van der Waals surface area contributed by atoms with Crippen LogP contribution in [0.4, 0.5) is 0 Å². The van der Waals surface area contributed by atoms with Crippen molar-refractivity contribution in [3.63, 3.8) is 0 Å². The van der Waals surface area contributed by atoms with Gasteiger partial charge in [0.25, 0.3) is 0 Å². The minimum Gasteiger partial charge on any atom is -0.468 e. The largest absolute Gasteiger partial charge is 0.468 e. The third kappa shape index (κ3) is 5.19. The van der Waals surface area contributed by atoms with E-state index < -0.39 is 0 Å². The number of thioether (sulfide) groups is 1. The van der Waals surface area contributed by atoms with Crippen molar-refractivity contribution < 1.29 is 9.53 Å². The normalized spacial score (nSPS) is 25.1. The van der Waals surface area contributed by atoms with E-state index in [1.54, 1.807) is 0 Å². The summed E-state index contributed by atoms with van der Waals surface area (Å²) in [5.41, 5.74) is 0. The van der Waals surface area contributed by atoms with E-state index in [0.29, 0.717) is 6.04 Å². The second kappa shape index (κ2) is 8.81. The van der Waals surface area contributed by atoms with Crippen LogP contribution in [0.2, 0.25) is 0 Å². The summed E-state index contributed by atoms with van der Waals surface area (Å²) in [4.78, 5) is 11.7. The van der Waals surface area contributed by atoms with Crippen LogP contribution in [0.15, 0.2) is 0 Å². The zero-order chi connectivity index (χ0) is 13.4. The number of hydrogen-bond acceptors (Lipinski definition) is 4. The molecule has 3 nitrogen and oxygen atoms in total. The lowest BCUT2D eigenvalue weighted by molar-refractivity contribution is -0.143. The second-order valence-corrected chi connectivity index (χ2v) is 6.55. The first-order valence-electron chi connectivity index (χ1n) is 7.16. The van der Waals surface area contributed by atoms with Crippen LogP contribution in [0.25, 0.3) is 0 Å². The first-order chi connectivity index (χ1) is 8.71. The number of esters is 1. The summed E-state index contributed by atoms with van der Waals surface area (Å²) in [5, 5.41) is 4.28. The molecule has 0 radical (unpaired) electrons. The number of carbonyl (C=O) groups is 1. The highest BCUT2D eigenvalue weighted by molar-refractivity contribution is 7.99. The first kappa shape index (κ1) is 15.8. The predicted octanol–water partition coefficient (Wildman–Crippen LogP) is 2.98. The SMILES string of the molecule is CCCCC(NC1CCC(SCC)C1)C(=O)OC. The standard InChI is InChI=1S/C14H27NO2S/c1-4-6-7-13(14(16)17-3)15-11-8-9-12(10-11)18-5-2/h11-13,15H,4-10H2,1-3H3. The molecule has 1 aliphatic rings. The van der Waals surface area contributed by atoms with Crippen LogP contribution in [-0.2, 0) is 9.53 Å². The number of nitrogens with one attached hydrogen (secondary N) is 1. The number of hydrogen-bond donors (Lipinski definition) is 1. The van der Waals surface area contributed by atoms with E-state index in [9.17, 15) is 4.79 Å². The van der Waals surface area contributed by atoms with Crippen LogP contribution < -0.4 is 5.32 Å². The van der Waals surface area contributed by atoms with Crippen LogP contribution in [0.5, 0.6) is 0 Å². The number of ether oxygens (including phenoxy) is 1. The van der Waals surface area contributed by atoms with Crippen molar-refractivity contribution in [2.24, 2.45) is 0 Å². The Morgan fingerprint density at radius 1 is 1.44 bits per heavy atom. The van der Waals surface area contributed by atoms with Crippen molar-refractivity contribution in [2.45, 2.75) is 69.7 Å². The fourth-order valence-corrected chi connectivity index (χ4v) is 3.73. The Hall–Kier alpha value is -0.220. The highest BCUT2D eigenvalue weighted by atomic mass is 32.2. The topological polar surface area (TPSA) is 38.3 Å². The van der Waals surface area contributed by atoms with E-state index in [4.69, 9.17) is 4.74 Å². The molecule has 0 bridgehead atoms. The van der Waals surface area contributed by atoms with Gasteiger partial charge in [-0.15, -0.1) is 0 Å². The lowest BCUT2D eigenvalue weighted by Gasteiger charge is -2.21. The van der Waals surface area contributed by atoms with Crippen LogP contribution in [0.1, 0.15) is 52.4 Å². The Labute approximate surface area is 115 Å². The first-order valence-corrected chi connectivity index (χ1v) is 8.21. The predicted molar refractivity (Wildman–Crippen MR) is 78.0 cm³/mol. The van der Waals surface area contributed by atoms with Gasteiger partial charge in [-0.05, 0) is 31.4 Å². The van der Waals surface area contributed by atoms with Crippen molar-refractivity contribution in [2.75, 3.05) is 12.9 Å². The smallest absolute Gasteiger partial charge is 0.322 e. The molecule has 0 aromatic rings. The summed E-state index contributed by atoms with van der Waals surface area (Å²) in [5.74, 6) is 1.09. The van der Waals surface area contributed by atoms with Gasteiger partial charge in [0.15, 0.2) is 0 Å². The molecule has 1 aliphatic carbocycles. The van der Waals surface area contributed by atoms with Gasteiger partial charge in [-0.25, -0.2) is 0 Å². The van der Waals surface area contributed by atoms with Crippen molar-refractivity contribution in [1.29, 1.82) is 0 Å². The molecule has 0 amide bonds. The van der Waals surface area contributed by atoms with Crippen molar-refractivity contribution in [3.05, 3.63) is 0 Å². The van der Waals surface area contributed by atoms with Gasteiger partial charge in [-0.3, -0.25) is 4.79 Å². The molecule has 0 saturated heterocycles. The van der Waals surface area contributed by atoms with E-state index in [0.717, 1.165) is 24.5 Å². The summed E-state index contributed by atoms with van der Waals surface area (Å²) in [6, 6.07) is 0.389. The molecule has 1 rings (SSSR count). The third-order valence-corrected chi connectivity index (χ3v) is 4.79. The van der Waals surface area contributed by atoms with E-state index in [2.05, 4.69) is 19.2 Å². The molecule has 3 atom stereocenters. The number of unbranched alkanes of at least 4 members (excludes halogenated alkanes) is 1. The molecule has 0 heterocycles. The summed E-state index contributed by atoms with van der Waals surface area (Å²) >= 11 is 2.05. The van der Waals surface area contributed by atoms with Crippen LogP contribution in [-0.4, -0.2) is 36.2 Å². The van der Waals surface area contributed by atoms with E-state index in [-0.39, 0.29) is 12.0 Å². The van der Waals surface area contributed by atoms with Crippen molar-refractivity contribution in [1.82, 2.24) is 5.32 Å². The number of rotatable bonds is 8. The molecule has 0 aliphatic heterocycles. The third-order valence-electron chi connectivity index (χ3n) is 3.56. The van der Waals surface area contributed by atoms with Crippen molar-refractivity contribution >= 4 is 17.7 Å². The van der Waals surface area contributed by atoms with Gasteiger partial charge < -0.3 is 10.1 Å². The van der Waals surface area contributed by atoms with Crippen LogP contribution in [0.3, 0.4) is 0 Å². The molecule has 1 N–H and O–H groups in total. The molecule has 18 heavy (non-hydrogen) atoms. The lowest BCUT2D eigenvalue weighted by Crippen LogP contribution is -2.43. The van der Waals surface area contributed by atoms with Crippen LogP contribution >= 0.6 is 11.8 Å². The Morgan fingerprint density at radius 2 is 2.22 bits per heavy atom. The summed E-state index contributed by atoms with van der Waals surface area (Å²) in [6.07, 6.45) is 6.75. The van der Waals surface area contributed by atoms with Gasteiger partial charge in [0.05, 0.1) is 7.11 Å². The molecule has 4 heteroatoms. The monoisotopic (exact) mass is 273 g/mol. The van der Waals surface area contributed by atoms with Gasteiger partial charge in [0, 0.05) is 11.3 Å². The van der Waals surface area contributed by atoms with Gasteiger partial charge in [-0.2, -0.15) is 11.8 Å². The fraction of sp³-hybridized carbons (Fsp3) is 0.929. The minimum absolute atomic E-state index is 0.102. The zero-order valence-corrected chi connectivity index (χ0v) is 12.7. The number of methoxy groups -OCH3 is 1. The van der Waals surface area contributed by atoms with E-state index in [1.807, 2.05) is 11.8 Å². The average Bonchev–Trinajstić information content (AvgIpc) is 2.81. The van der Waals surface area contributed by atoms with Gasteiger partial charge >= 0.3 is 5.97 Å². The second-order valence-electron chi connectivity index (χ2n) is 4.97. The quantitative estimate of drug-likeness (QED) is 0.690. The van der Waals surface area contributed by atoms with Gasteiger partial charge in [0.2, 0.25) is 0 Å². The molecular weight excluding hydrogens is 246 g/mol. The Bertz CT molecular complexity index is 248. The Morgan fingerprint density at radius 3 is 2.83 bits per heavy atom. The Balaban J connectivity index is 2.38. The van der Waals surface area contributed by atoms with Gasteiger partial charge in [0.1, 0.15) is 6.04 Å². The summed E-state index contributed by atoms with van der Waals surface area (Å²) in [6.45, 7) is 4.36. The molecule has 0 aromatic carbocycles. The van der Waals surface area contributed by atoms with Crippen molar-refractivity contribution in [3.8, 4) is 0 Å². The average molecular weight is 273 g/mol. The van der Waals surface area contributed by atoms with Gasteiger partial charge in [-0.1, -0.05) is 26.7 Å². The Kier molecular flexibility index (Phi) is 7.75. The maximum atomic E-state index is 11.7. The summed E-state index contributed by atoms with van der Waals surface area (Å²) in [7, 11) is 1.48. The minimum atomic E-state index is -0.106. The van der Waals surface area contributed by atoms with E-state index in [1.165, 1.54) is 32.1 Å². The molecular formula is C14H27NO2S. The highest BCUT2D eigenvalue weighted by Gasteiger charge is 2.28. The zero-order valence-electron chi connectivity index (χ0n) is 11.9. The highest BCUT2D eigenvalue weighted by Crippen LogP contribution is 2.30. The molecule has 106 valence electrons. The fourth-order valence-electron chi connectivity index (χ4n) is 2.58. The molecule has 1 fully saturated rings. The number of carbonyl (C=O) groups excluding carboxylic acids is 1.